The second-order valence-electron chi connectivity index (χ2n) is 6.81. The van der Waals surface area contributed by atoms with Crippen molar-refractivity contribution in [2.24, 2.45) is 0 Å². The molecule has 2 aromatic rings. The molecule has 2 nitrogen and oxygen atoms in total. The standard InChI is InChI=1S/C21H26O2S/c1-4-23-21(22)18-17(15-10-8-9-11-15)20(24-19(18)14(2)3)16-12-6-5-7-13-16/h5-7,12-15H,4,8-11H2,1-3H3. The minimum atomic E-state index is -0.137. The van der Waals surface area contributed by atoms with Crippen molar-refractivity contribution in [3.63, 3.8) is 0 Å². The van der Waals surface area contributed by atoms with Crippen LogP contribution in [-0.4, -0.2) is 12.6 Å². The van der Waals surface area contributed by atoms with E-state index in [9.17, 15) is 4.79 Å². The molecule has 0 atom stereocenters. The molecule has 0 saturated heterocycles. The lowest BCUT2D eigenvalue weighted by Crippen LogP contribution is -2.11. The molecule has 3 rings (SSSR count). The van der Waals surface area contributed by atoms with Gasteiger partial charge in [-0.3, -0.25) is 0 Å². The highest BCUT2D eigenvalue weighted by Gasteiger charge is 2.32. The fourth-order valence-electron chi connectivity index (χ4n) is 3.69. The van der Waals surface area contributed by atoms with Crippen LogP contribution < -0.4 is 0 Å². The molecule has 1 fully saturated rings. The Hall–Kier alpha value is -1.61. The molecule has 0 aliphatic heterocycles. The lowest BCUT2D eigenvalue weighted by molar-refractivity contribution is 0.0523. The summed E-state index contributed by atoms with van der Waals surface area (Å²) in [6.45, 7) is 6.65. The number of ether oxygens (including phenoxy) is 1. The van der Waals surface area contributed by atoms with Crippen LogP contribution >= 0.6 is 11.3 Å². The van der Waals surface area contributed by atoms with Crippen LogP contribution in [0, 0.1) is 0 Å². The van der Waals surface area contributed by atoms with Gasteiger partial charge >= 0.3 is 5.97 Å². The van der Waals surface area contributed by atoms with Gasteiger partial charge in [-0.05, 0) is 42.7 Å². The summed E-state index contributed by atoms with van der Waals surface area (Å²) >= 11 is 1.79. The average Bonchev–Trinajstić information content (AvgIpc) is 3.23. The lowest BCUT2D eigenvalue weighted by atomic mass is 9.89. The van der Waals surface area contributed by atoms with Crippen LogP contribution in [0.5, 0.6) is 0 Å². The molecule has 1 heterocycles. The number of benzene rings is 1. The maximum Gasteiger partial charge on any atom is 0.339 e. The van der Waals surface area contributed by atoms with Crippen LogP contribution in [-0.2, 0) is 4.74 Å². The van der Waals surface area contributed by atoms with Crippen molar-refractivity contribution in [1.29, 1.82) is 0 Å². The molecule has 0 spiro atoms. The number of thiophene rings is 1. The highest BCUT2D eigenvalue weighted by molar-refractivity contribution is 7.16. The maximum absolute atomic E-state index is 12.8. The van der Waals surface area contributed by atoms with Crippen LogP contribution in [0.1, 0.15) is 79.1 Å². The first-order chi connectivity index (χ1) is 11.6. The zero-order valence-corrected chi connectivity index (χ0v) is 15.6. The average molecular weight is 343 g/mol. The van der Waals surface area contributed by atoms with Crippen molar-refractivity contribution in [2.45, 2.75) is 58.3 Å². The molecule has 0 bridgehead atoms. The van der Waals surface area contributed by atoms with Gasteiger partial charge < -0.3 is 4.74 Å². The Morgan fingerprint density at radius 1 is 1.21 bits per heavy atom. The number of rotatable bonds is 5. The van der Waals surface area contributed by atoms with Crippen molar-refractivity contribution in [1.82, 2.24) is 0 Å². The summed E-state index contributed by atoms with van der Waals surface area (Å²) in [6.07, 6.45) is 4.88. The molecule has 1 saturated carbocycles. The molecular weight excluding hydrogens is 316 g/mol. The van der Waals surface area contributed by atoms with E-state index >= 15 is 0 Å². The molecule has 24 heavy (non-hydrogen) atoms. The normalized spacial score (nSPS) is 15.2. The first kappa shape index (κ1) is 17.2. The van der Waals surface area contributed by atoms with Gasteiger partial charge in [-0.25, -0.2) is 4.79 Å². The quantitative estimate of drug-likeness (QED) is 0.590. The van der Waals surface area contributed by atoms with Gasteiger partial charge in [0.15, 0.2) is 0 Å². The van der Waals surface area contributed by atoms with Crippen molar-refractivity contribution < 1.29 is 9.53 Å². The van der Waals surface area contributed by atoms with Gasteiger partial charge in [-0.2, -0.15) is 0 Å². The summed E-state index contributed by atoms with van der Waals surface area (Å²) in [5, 5.41) is 0. The molecule has 0 radical (unpaired) electrons. The second-order valence-corrected chi connectivity index (χ2v) is 7.86. The van der Waals surface area contributed by atoms with Gasteiger partial charge in [0, 0.05) is 9.75 Å². The molecule has 1 aliphatic rings. The zero-order chi connectivity index (χ0) is 17.1. The van der Waals surface area contributed by atoms with Gasteiger partial charge in [-0.15, -0.1) is 11.3 Å². The van der Waals surface area contributed by atoms with Crippen molar-refractivity contribution >= 4 is 17.3 Å². The van der Waals surface area contributed by atoms with Crippen molar-refractivity contribution in [2.75, 3.05) is 6.61 Å². The van der Waals surface area contributed by atoms with Gasteiger partial charge in [0.2, 0.25) is 0 Å². The van der Waals surface area contributed by atoms with E-state index in [0.717, 1.165) is 5.56 Å². The molecule has 128 valence electrons. The largest absolute Gasteiger partial charge is 0.462 e. The summed E-state index contributed by atoms with van der Waals surface area (Å²) < 4.78 is 5.44. The Labute approximate surface area is 148 Å². The maximum atomic E-state index is 12.8. The first-order valence-electron chi connectivity index (χ1n) is 9.02. The smallest absolute Gasteiger partial charge is 0.339 e. The van der Waals surface area contributed by atoms with E-state index in [0.29, 0.717) is 18.4 Å². The highest BCUT2D eigenvalue weighted by atomic mass is 32.1. The van der Waals surface area contributed by atoms with Gasteiger partial charge in [0.25, 0.3) is 0 Å². The topological polar surface area (TPSA) is 26.3 Å². The van der Waals surface area contributed by atoms with E-state index in [4.69, 9.17) is 4.74 Å². The molecular formula is C21H26O2S. The number of hydrogen-bond acceptors (Lipinski definition) is 3. The fraction of sp³-hybridized carbons (Fsp3) is 0.476. The Kier molecular flexibility index (Phi) is 5.40. The molecule has 1 aromatic heterocycles. The SMILES string of the molecule is CCOC(=O)c1c(C(C)C)sc(-c2ccccc2)c1C1CCCC1. The minimum absolute atomic E-state index is 0.137. The van der Waals surface area contributed by atoms with Crippen LogP contribution in [0.2, 0.25) is 0 Å². The predicted octanol–water partition coefficient (Wildman–Crippen LogP) is 6.37. The van der Waals surface area contributed by atoms with E-state index in [1.165, 1.54) is 46.6 Å². The summed E-state index contributed by atoms with van der Waals surface area (Å²) in [6, 6.07) is 10.5. The number of hydrogen-bond donors (Lipinski definition) is 0. The van der Waals surface area contributed by atoms with E-state index in [-0.39, 0.29) is 5.97 Å². The highest BCUT2D eigenvalue weighted by Crippen LogP contribution is 2.48. The third kappa shape index (κ3) is 3.27. The second kappa shape index (κ2) is 7.52. The zero-order valence-electron chi connectivity index (χ0n) is 14.8. The summed E-state index contributed by atoms with van der Waals surface area (Å²) in [4.78, 5) is 15.2. The Morgan fingerprint density at radius 2 is 1.88 bits per heavy atom. The Balaban J connectivity index is 2.21. The van der Waals surface area contributed by atoms with E-state index in [1.807, 2.05) is 13.0 Å². The van der Waals surface area contributed by atoms with Crippen LogP contribution in [0.3, 0.4) is 0 Å². The van der Waals surface area contributed by atoms with Crippen molar-refractivity contribution in [3.05, 3.63) is 46.3 Å². The fourth-order valence-corrected chi connectivity index (χ4v) is 5.07. The lowest BCUT2D eigenvalue weighted by Gasteiger charge is -2.15. The monoisotopic (exact) mass is 342 g/mol. The van der Waals surface area contributed by atoms with Crippen LogP contribution in [0.15, 0.2) is 30.3 Å². The Morgan fingerprint density at radius 3 is 2.46 bits per heavy atom. The van der Waals surface area contributed by atoms with Crippen LogP contribution in [0.4, 0.5) is 0 Å². The minimum Gasteiger partial charge on any atom is -0.462 e. The molecule has 0 amide bonds. The predicted molar refractivity (Wildman–Crippen MR) is 101 cm³/mol. The summed E-state index contributed by atoms with van der Waals surface area (Å²) in [5.74, 6) is 0.678. The van der Waals surface area contributed by atoms with E-state index in [2.05, 4.69) is 38.1 Å². The van der Waals surface area contributed by atoms with Gasteiger partial charge in [0.1, 0.15) is 0 Å². The molecule has 0 unspecified atom stereocenters. The van der Waals surface area contributed by atoms with E-state index < -0.39 is 0 Å². The molecule has 0 N–H and O–H groups in total. The number of carbonyl (C=O) groups is 1. The van der Waals surface area contributed by atoms with Gasteiger partial charge in [0.05, 0.1) is 12.2 Å². The number of esters is 1. The summed E-state index contributed by atoms with van der Waals surface area (Å²) in [7, 11) is 0. The third-order valence-electron chi connectivity index (χ3n) is 4.78. The first-order valence-corrected chi connectivity index (χ1v) is 9.84. The van der Waals surface area contributed by atoms with Gasteiger partial charge in [-0.1, -0.05) is 57.0 Å². The molecule has 1 aromatic carbocycles. The Bertz CT molecular complexity index is 694. The van der Waals surface area contributed by atoms with Crippen molar-refractivity contribution in [3.8, 4) is 10.4 Å². The third-order valence-corrected chi connectivity index (χ3v) is 6.33. The van der Waals surface area contributed by atoms with E-state index in [1.54, 1.807) is 11.3 Å². The summed E-state index contributed by atoms with van der Waals surface area (Å²) in [5.41, 5.74) is 3.34. The van der Waals surface area contributed by atoms with Crippen LogP contribution in [0.25, 0.3) is 10.4 Å². The number of carbonyl (C=O) groups excluding carboxylic acids is 1. The molecule has 3 heteroatoms. The molecule has 1 aliphatic carbocycles.